The molecule has 1 amide bonds. The van der Waals surface area contributed by atoms with Crippen molar-refractivity contribution in [3.05, 3.63) is 51.7 Å². The molecule has 0 atom stereocenters. The van der Waals surface area contributed by atoms with E-state index in [4.69, 9.17) is 0 Å². The Hall–Kier alpha value is -1.36. The van der Waals surface area contributed by atoms with Crippen molar-refractivity contribution in [2.45, 2.75) is 13.5 Å². The maximum atomic E-state index is 12.7. The second-order valence-electron chi connectivity index (χ2n) is 4.73. The molecule has 0 saturated heterocycles. The molecule has 1 N–H and O–H groups in total. The van der Waals surface area contributed by atoms with Gasteiger partial charge in [-0.2, -0.15) is 11.3 Å². The minimum atomic E-state index is 0. The summed E-state index contributed by atoms with van der Waals surface area (Å²) in [7, 11) is 0. The number of hydrogen-bond donors (Lipinski definition) is 1. The van der Waals surface area contributed by atoms with Gasteiger partial charge in [0.05, 0.1) is 5.56 Å². The van der Waals surface area contributed by atoms with Crippen molar-refractivity contribution in [1.82, 2.24) is 5.32 Å². The quantitative estimate of drug-likeness (QED) is 0.877. The highest BCUT2D eigenvalue weighted by molar-refractivity contribution is 7.08. The molecule has 1 aromatic heterocycles. The van der Waals surface area contributed by atoms with Crippen LogP contribution >= 0.6 is 23.7 Å². The van der Waals surface area contributed by atoms with Crippen molar-refractivity contribution in [1.29, 1.82) is 0 Å². The fourth-order valence-electron chi connectivity index (χ4n) is 2.39. The molecule has 2 heterocycles. The number of carbonyl (C=O) groups is 1. The van der Waals surface area contributed by atoms with Crippen LogP contribution < -0.4 is 10.2 Å². The molecule has 0 bridgehead atoms. The number of hydrogen-bond acceptors (Lipinski definition) is 3. The van der Waals surface area contributed by atoms with Crippen LogP contribution in [-0.2, 0) is 6.54 Å². The van der Waals surface area contributed by atoms with Gasteiger partial charge in [-0.25, -0.2) is 0 Å². The zero-order chi connectivity index (χ0) is 13.2. The highest BCUT2D eigenvalue weighted by atomic mass is 35.5. The van der Waals surface area contributed by atoms with Crippen LogP contribution in [0.5, 0.6) is 0 Å². The van der Waals surface area contributed by atoms with Gasteiger partial charge in [0.25, 0.3) is 5.91 Å². The number of fused-ring (bicyclic) bond motifs is 1. The average Bonchev–Trinajstić information content (AvgIpc) is 2.74. The summed E-state index contributed by atoms with van der Waals surface area (Å²) in [4.78, 5) is 14.6. The van der Waals surface area contributed by atoms with E-state index in [1.165, 1.54) is 5.56 Å². The molecule has 0 fully saturated rings. The molecular weight excluding hydrogens is 292 g/mol. The Balaban J connectivity index is 0.00000147. The summed E-state index contributed by atoms with van der Waals surface area (Å²) in [6.07, 6.45) is 0. The Labute approximate surface area is 129 Å². The fourth-order valence-corrected chi connectivity index (χ4v) is 3.22. The second kappa shape index (κ2) is 6.39. The van der Waals surface area contributed by atoms with E-state index in [1.54, 1.807) is 11.3 Å². The predicted octanol–water partition coefficient (Wildman–Crippen LogP) is 3.23. The normalized spacial score (nSPS) is 14.2. The Bertz CT molecular complexity index is 611. The SMILES string of the molecule is Cc1cscc1C(=O)N1CCNCc2ccccc21.Cl. The van der Waals surface area contributed by atoms with Crippen LogP contribution in [0, 0.1) is 6.92 Å². The summed E-state index contributed by atoms with van der Waals surface area (Å²) < 4.78 is 0. The lowest BCUT2D eigenvalue weighted by Crippen LogP contribution is -2.34. The summed E-state index contributed by atoms with van der Waals surface area (Å²) in [5, 5.41) is 7.32. The second-order valence-corrected chi connectivity index (χ2v) is 5.47. The summed E-state index contributed by atoms with van der Waals surface area (Å²) in [6.45, 7) is 4.35. The Kier molecular flexibility index (Phi) is 4.81. The molecule has 0 aliphatic carbocycles. The van der Waals surface area contributed by atoms with Crippen LogP contribution in [0.2, 0.25) is 0 Å². The van der Waals surface area contributed by atoms with Crippen LogP contribution in [-0.4, -0.2) is 19.0 Å². The van der Waals surface area contributed by atoms with E-state index in [0.717, 1.165) is 29.9 Å². The first-order valence-electron chi connectivity index (χ1n) is 6.40. The van der Waals surface area contributed by atoms with Crippen molar-refractivity contribution in [3.8, 4) is 0 Å². The molecular formula is C15H17ClN2OS. The highest BCUT2D eigenvalue weighted by Gasteiger charge is 2.23. The van der Waals surface area contributed by atoms with Crippen molar-refractivity contribution in [3.63, 3.8) is 0 Å². The average molecular weight is 309 g/mol. The van der Waals surface area contributed by atoms with Gasteiger partial charge in [0.2, 0.25) is 0 Å². The van der Waals surface area contributed by atoms with Gasteiger partial charge >= 0.3 is 0 Å². The highest BCUT2D eigenvalue weighted by Crippen LogP contribution is 2.25. The van der Waals surface area contributed by atoms with E-state index in [0.29, 0.717) is 6.54 Å². The summed E-state index contributed by atoms with van der Waals surface area (Å²) >= 11 is 1.58. The molecule has 3 nitrogen and oxygen atoms in total. The number of benzene rings is 1. The lowest BCUT2D eigenvalue weighted by Gasteiger charge is -2.22. The summed E-state index contributed by atoms with van der Waals surface area (Å²) in [5.74, 6) is 0.106. The number of para-hydroxylation sites is 1. The monoisotopic (exact) mass is 308 g/mol. The number of thiophene rings is 1. The van der Waals surface area contributed by atoms with Gasteiger partial charge in [0, 0.05) is 30.7 Å². The summed E-state index contributed by atoms with van der Waals surface area (Å²) in [5.41, 5.74) is 4.09. The third-order valence-electron chi connectivity index (χ3n) is 3.44. The van der Waals surface area contributed by atoms with E-state index in [1.807, 2.05) is 40.8 Å². The number of nitrogens with one attached hydrogen (secondary N) is 1. The molecule has 5 heteroatoms. The Morgan fingerprint density at radius 1 is 1.30 bits per heavy atom. The molecule has 0 radical (unpaired) electrons. The lowest BCUT2D eigenvalue weighted by molar-refractivity contribution is 0.0987. The van der Waals surface area contributed by atoms with E-state index < -0.39 is 0 Å². The van der Waals surface area contributed by atoms with Gasteiger partial charge in [-0.15, -0.1) is 12.4 Å². The third kappa shape index (κ3) is 2.73. The molecule has 20 heavy (non-hydrogen) atoms. The molecule has 0 saturated carbocycles. The number of rotatable bonds is 1. The molecule has 3 rings (SSSR count). The first kappa shape index (κ1) is 15.0. The van der Waals surface area contributed by atoms with E-state index in [-0.39, 0.29) is 18.3 Å². The fraction of sp³-hybridized carbons (Fsp3) is 0.267. The standard InChI is InChI=1S/C15H16N2OS.ClH/c1-11-9-19-10-13(11)15(18)17-7-6-16-8-12-4-2-3-5-14(12)17;/h2-5,9-10,16H,6-8H2,1H3;1H. The first-order chi connectivity index (χ1) is 9.27. The number of nitrogens with zero attached hydrogens (tertiary/aromatic N) is 1. The van der Waals surface area contributed by atoms with Crippen molar-refractivity contribution in [2.24, 2.45) is 0 Å². The maximum absolute atomic E-state index is 12.7. The topological polar surface area (TPSA) is 32.3 Å². The van der Waals surface area contributed by atoms with Crippen molar-refractivity contribution in [2.75, 3.05) is 18.0 Å². The largest absolute Gasteiger partial charge is 0.311 e. The van der Waals surface area contributed by atoms with Crippen molar-refractivity contribution < 1.29 is 4.79 Å². The van der Waals surface area contributed by atoms with E-state index in [9.17, 15) is 4.79 Å². The van der Waals surface area contributed by atoms with Gasteiger partial charge in [-0.3, -0.25) is 4.79 Å². The third-order valence-corrected chi connectivity index (χ3v) is 4.30. The van der Waals surface area contributed by atoms with Crippen LogP contribution in [0.25, 0.3) is 0 Å². The molecule has 2 aromatic rings. The predicted molar refractivity (Wildman–Crippen MR) is 86.1 cm³/mol. The van der Waals surface area contributed by atoms with E-state index in [2.05, 4.69) is 11.4 Å². The lowest BCUT2D eigenvalue weighted by atomic mass is 10.1. The number of carbonyl (C=O) groups excluding carboxylic acids is 1. The molecule has 1 aliphatic rings. The molecule has 0 unspecified atom stereocenters. The molecule has 0 spiro atoms. The minimum absolute atomic E-state index is 0. The number of aryl methyl sites for hydroxylation is 1. The van der Waals surface area contributed by atoms with Crippen molar-refractivity contribution >= 4 is 35.3 Å². The van der Waals surface area contributed by atoms with Gasteiger partial charge in [0.1, 0.15) is 0 Å². The molecule has 106 valence electrons. The first-order valence-corrected chi connectivity index (χ1v) is 7.35. The molecule has 1 aromatic carbocycles. The summed E-state index contributed by atoms with van der Waals surface area (Å²) in [6, 6.07) is 8.12. The van der Waals surface area contributed by atoms with Gasteiger partial charge in [0.15, 0.2) is 0 Å². The van der Waals surface area contributed by atoms with Gasteiger partial charge in [-0.05, 0) is 29.5 Å². The minimum Gasteiger partial charge on any atom is -0.311 e. The van der Waals surface area contributed by atoms with Gasteiger partial charge in [-0.1, -0.05) is 18.2 Å². The smallest absolute Gasteiger partial charge is 0.259 e. The van der Waals surface area contributed by atoms with Crippen LogP contribution in [0.15, 0.2) is 35.0 Å². The number of halogens is 1. The molecule has 1 aliphatic heterocycles. The number of amides is 1. The van der Waals surface area contributed by atoms with Crippen LogP contribution in [0.4, 0.5) is 5.69 Å². The Morgan fingerprint density at radius 3 is 2.85 bits per heavy atom. The number of anilines is 1. The van der Waals surface area contributed by atoms with Crippen LogP contribution in [0.1, 0.15) is 21.5 Å². The van der Waals surface area contributed by atoms with Gasteiger partial charge < -0.3 is 10.2 Å². The van der Waals surface area contributed by atoms with Crippen LogP contribution in [0.3, 0.4) is 0 Å². The van der Waals surface area contributed by atoms with E-state index >= 15 is 0 Å². The Morgan fingerprint density at radius 2 is 2.10 bits per heavy atom. The zero-order valence-electron chi connectivity index (χ0n) is 11.3. The maximum Gasteiger partial charge on any atom is 0.259 e. The zero-order valence-corrected chi connectivity index (χ0v) is 12.9.